The van der Waals surface area contributed by atoms with Crippen LogP contribution >= 0.6 is 11.3 Å². The van der Waals surface area contributed by atoms with Crippen LogP contribution in [0.25, 0.3) is 0 Å². The molecule has 0 radical (unpaired) electrons. The van der Waals surface area contributed by atoms with Gasteiger partial charge in [-0.3, -0.25) is 9.52 Å². The van der Waals surface area contributed by atoms with Crippen LogP contribution in [0.2, 0.25) is 0 Å². The summed E-state index contributed by atoms with van der Waals surface area (Å²) in [5.41, 5.74) is 0.967. The monoisotopic (exact) mass is 475 g/mol. The number of nitrogens with zero attached hydrogens (tertiary/aromatic N) is 1. The summed E-state index contributed by atoms with van der Waals surface area (Å²) in [4.78, 5) is 16.9. The van der Waals surface area contributed by atoms with Gasteiger partial charge in [-0.05, 0) is 48.4 Å². The number of anilines is 2. The molecular formula is C22H25N3O5S2. The van der Waals surface area contributed by atoms with Crippen LogP contribution < -0.4 is 19.5 Å². The Morgan fingerprint density at radius 3 is 2.38 bits per heavy atom. The van der Waals surface area contributed by atoms with E-state index in [1.165, 1.54) is 37.7 Å². The van der Waals surface area contributed by atoms with E-state index < -0.39 is 15.9 Å². The van der Waals surface area contributed by atoms with Crippen molar-refractivity contribution in [2.75, 3.05) is 24.3 Å². The number of aromatic nitrogens is 1. The molecule has 0 aliphatic heterocycles. The van der Waals surface area contributed by atoms with Crippen LogP contribution in [0, 0.1) is 5.92 Å². The Bertz CT molecular complexity index is 1190. The van der Waals surface area contributed by atoms with E-state index in [0.29, 0.717) is 28.7 Å². The third-order valence-corrected chi connectivity index (χ3v) is 6.69. The van der Waals surface area contributed by atoms with Gasteiger partial charge in [0.15, 0.2) is 0 Å². The zero-order chi connectivity index (χ0) is 23.3. The Hall–Kier alpha value is -3.11. The van der Waals surface area contributed by atoms with Crippen molar-refractivity contribution in [3.05, 3.63) is 58.5 Å². The number of sulfonamides is 1. The minimum Gasteiger partial charge on any atom is -0.497 e. The molecule has 170 valence electrons. The van der Waals surface area contributed by atoms with E-state index in [9.17, 15) is 13.2 Å². The number of ether oxygens (including phenoxy) is 2. The lowest BCUT2D eigenvalue weighted by molar-refractivity contribution is 0.102. The maximum atomic E-state index is 13.0. The molecule has 32 heavy (non-hydrogen) atoms. The van der Waals surface area contributed by atoms with Crippen LogP contribution in [-0.2, 0) is 16.4 Å². The number of thiazole rings is 1. The van der Waals surface area contributed by atoms with E-state index >= 15 is 0 Å². The molecule has 0 saturated heterocycles. The van der Waals surface area contributed by atoms with E-state index in [1.807, 2.05) is 0 Å². The van der Waals surface area contributed by atoms with Crippen molar-refractivity contribution in [3.8, 4) is 11.5 Å². The first-order valence-electron chi connectivity index (χ1n) is 9.82. The van der Waals surface area contributed by atoms with Gasteiger partial charge in [-0.2, -0.15) is 0 Å². The number of rotatable bonds is 9. The Morgan fingerprint density at radius 2 is 1.75 bits per heavy atom. The standard InChI is InChI=1S/C22H25N3O5S2/c1-14(2)11-21-24-18(13-31-21)22(26)23-16-7-10-19(30-4)20(12-16)32(27,28)25-15-5-8-17(29-3)9-6-15/h5-10,12-14,25H,11H2,1-4H3,(H,23,26). The molecule has 8 nitrogen and oxygen atoms in total. The Kier molecular flexibility index (Phi) is 7.37. The molecule has 0 spiro atoms. The summed E-state index contributed by atoms with van der Waals surface area (Å²) in [6.45, 7) is 4.17. The lowest BCUT2D eigenvalue weighted by atomic mass is 10.1. The second-order valence-corrected chi connectivity index (χ2v) is 9.97. The quantitative estimate of drug-likeness (QED) is 0.475. The average molecular weight is 476 g/mol. The van der Waals surface area contributed by atoms with Crippen LogP contribution in [0.1, 0.15) is 29.3 Å². The van der Waals surface area contributed by atoms with Crippen molar-refractivity contribution in [2.45, 2.75) is 25.2 Å². The Labute approximate surface area is 191 Å². The number of carbonyl (C=O) groups is 1. The van der Waals surface area contributed by atoms with E-state index in [4.69, 9.17) is 9.47 Å². The number of benzene rings is 2. The summed E-state index contributed by atoms with van der Waals surface area (Å²) in [6.07, 6.45) is 0.792. The van der Waals surface area contributed by atoms with Gasteiger partial charge in [-0.25, -0.2) is 13.4 Å². The maximum absolute atomic E-state index is 13.0. The molecule has 2 aromatic carbocycles. The van der Waals surface area contributed by atoms with Gasteiger partial charge in [0.25, 0.3) is 15.9 Å². The Morgan fingerprint density at radius 1 is 1.06 bits per heavy atom. The third-order valence-electron chi connectivity index (χ3n) is 4.42. The second-order valence-electron chi connectivity index (χ2n) is 7.38. The highest BCUT2D eigenvalue weighted by atomic mass is 32.2. The maximum Gasteiger partial charge on any atom is 0.275 e. The molecular weight excluding hydrogens is 450 g/mol. The van der Waals surface area contributed by atoms with Gasteiger partial charge < -0.3 is 14.8 Å². The highest BCUT2D eigenvalue weighted by Gasteiger charge is 2.21. The van der Waals surface area contributed by atoms with Crippen molar-refractivity contribution in [2.24, 2.45) is 5.92 Å². The van der Waals surface area contributed by atoms with Gasteiger partial charge in [0.1, 0.15) is 22.1 Å². The summed E-state index contributed by atoms with van der Waals surface area (Å²) >= 11 is 1.43. The Balaban J connectivity index is 1.82. The summed E-state index contributed by atoms with van der Waals surface area (Å²) in [5, 5.41) is 5.28. The summed E-state index contributed by atoms with van der Waals surface area (Å²) in [6, 6.07) is 10.9. The zero-order valence-electron chi connectivity index (χ0n) is 18.2. The average Bonchev–Trinajstić information content (AvgIpc) is 3.22. The fraction of sp³-hybridized carbons (Fsp3) is 0.273. The van der Waals surface area contributed by atoms with Crippen molar-refractivity contribution in [1.29, 1.82) is 0 Å². The first-order chi connectivity index (χ1) is 15.2. The largest absolute Gasteiger partial charge is 0.497 e. The number of hydrogen-bond donors (Lipinski definition) is 2. The number of methoxy groups -OCH3 is 2. The van der Waals surface area contributed by atoms with Gasteiger partial charge in [0.05, 0.1) is 19.2 Å². The van der Waals surface area contributed by atoms with E-state index in [2.05, 4.69) is 28.9 Å². The molecule has 3 aromatic rings. The first kappa shape index (κ1) is 23.6. The lowest BCUT2D eigenvalue weighted by Crippen LogP contribution is -2.16. The molecule has 10 heteroatoms. The number of nitrogens with one attached hydrogen (secondary N) is 2. The van der Waals surface area contributed by atoms with Crippen LogP contribution in [0.5, 0.6) is 11.5 Å². The highest BCUT2D eigenvalue weighted by molar-refractivity contribution is 7.92. The normalized spacial score (nSPS) is 11.3. The van der Waals surface area contributed by atoms with Crippen LogP contribution in [0.4, 0.5) is 11.4 Å². The predicted octanol–water partition coefficient (Wildman–Crippen LogP) is 4.41. The van der Waals surface area contributed by atoms with Gasteiger partial charge in [-0.15, -0.1) is 11.3 Å². The molecule has 0 unspecified atom stereocenters. The summed E-state index contributed by atoms with van der Waals surface area (Å²) < 4.78 is 38.8. The SMILES string of the molecule is COc1ccc(NS(=O)(=O)c2cc(NC(=O)c3csc(CC(C)C)n3)ccc2OC)cc1. The van der Waals surface area contributed by atoms with E-state index in [1.54, 1.807) is 35.7 Å². The number of carbonyl (C=O) groups excluding carboxylic acids is 1. The van der Waals surface area contributed by atoms with Gasteiger partial charge in [0, 0.05) is 23.2 Å². The van der Waals surface area contributed by atoms with Crippen molar-refractivity contribution >= 4 is 38.6 Å². The predicted molar refractivity (Wildman–Crippen MR) is 125 cm³/mol. The number of hydrogen-bond acceptors (Lipinski definition) is 7. The van der Waals surface area contributed by atoms with Gasteiger partial charge in [-0.1, -0.05) is 13.8 Å². The minimum atomic E-state index is -3.99. The summed E-state index contributed by atoms with van der Waals surface area (Å²) in [7, 11) is -1.08. The van der Waals surface area contributed by atoms with Crippen LogP contribution in [-0.4, -0.2) is 33.5 Å². The molecule has 0 atom stereocenters. The molecule has 1 amide bonds. The van der Waals surface area contributed by atoms with Crippen molar-refractivity contribution in [1.82, 2.24) is 4.98 Å². The molecule has 0 aliphatic carbocycles. The number of amides is 1. The highest BCUT2D eigenvalue weighted by Crippen LogP contribution is 2.29. The first-order valence-corrected chi connectivity index (χ1v) is 12.2. The molecule has 2 N–H and O–H groups in total. The lowest BCUT2D eigenvalue weighted by Gasteiger charge is -2.14. The van der Waals surface area contributed by atoms with Gasteiger partial charge in [0.2, 0.25) is 0 Å². The fourth-order valence-corrected chi connectivity index (χ4v) is 5.13. The molecule has 0 fully saturated rings. The summed E-state index contributed by atoms with van der Waals surface area (Å²) in [5.74, 6) is 0.781. The second kappa shape index (κ2) is 10.0. The topological polar surface area (TPSA) is 107 Å². The zero-order valence-corrected chi connectivity index (χ0v) is 19.8. The van der Waals surface area contributed by atoms with E-state index in [0.717, 1.165) is 11.4 Å². The molecule has 1 heterocycles. The molecule has 0 saturated carbocycles. The molecule has 3 rings (SSSR count). The van der Waals surface area contributed by atoms with E-state index in [-0.39, 0.29) is 10.6 Å². The minimum absolute atomic E-state index is 0.104. The van der Waals surface area contributed by atoms with Crippen LogP contribution in [0.3, 0.4) is 0 Å². The van der Waals surface area contributed by atoms with Gasteiger partial charge >= 0.3 is 0 Å². The van der Waals surface area contributed by atoms with Crippen molar-refractivity contribution in [3.63, 3.8) is 0 Å². The van der Waals surface area contributed by atoms with Crippen LogP contribution in [0.15, 0.2) is 52.7 Å². The fourth-order valence-electron chi connectivity index (χ4n) is 2.89. The third kappa shape index (κ3) is 5.77. The molecule has 1 aromatic heterocycles. The smallest absolute Gasteiger partial charge is 0.275 e. The molecule has 0 bridgehead atoms. The van der Waals surface area contributed by atoms with Crippen molar-refractivity contribution < 1.29 is 22.7 Å². The molecule has 0 aliphatic rings.